The van der Waals surface area contributed by atoms with E-state index in [1.54, 1.807) is 24.3 Å². The summed E-state index contributed by atoms with van der Waals surface area (Å²) in [5, 5.41) is 14.8. The van der Waals surface area contributed by atoms with Gasteiger partial charge in [0.15, 0.2) is 5.78 Å². The SMILES string of the molecule is CC(=O)c1ccc(C#N)cc1NCCCNC(=O)c1cccc(F)c1. The molecule has 0 saturated carbocycles. The molecule has 0 aliphatic heterocycles. The standard InChI is InChI=1S/C19H18FN3O2/c1-13(24)17-7-6-14(12-21)10-18(17)22-8-3-9-23-19(25)15-4-2-5-16(20)11-15/h2,4-7,10-11,22H,3,8-9H2,1H3,(H,23,25). The minimum atomic E-state index is -0.455. The first-order chi connectivity index (χ1) is 12.0. The number of hydrogen-bond acceptors (Lipinski definition) is 4. The number of nitriles is 1. The molecule has 0 radical (unpaired) electrons. The summed E-state index contributed by atoms with van der Waals surface area (Å²) in [6.07, 6.45) is 0.606. The molecule has 0 aromatic heterocycles. The highest BCUT2D eigenvalue weighted by molar-refractivity contribution is 5.99. The number of carbonyl (C=O) groups is 2. The lowest BCUT2D eigenvalue weighted by atomic mass is 10.1. The molecule has 0 heterocycles. The van der Waals surface area contributed by atoms with Gasteiger partial charge in [-0.3, -0.25) is 9.59 Å². The van der Waals surface area contributed by atoms with Crippen molar-refractivity contribution in [2.45, 2.75) is 13.3 Å². The number of carbonyl (C=O) groups excluding carboxylic acids is 2. The lowest BCUT2D eigenvalue weighted by Crippen LogP contribution is -2.26. The van der Waals surface area contributed by atoms with Gasteiger partial charge in [-0.2, -0.15) is 5.26 Å². The fourth-order valence-corrected chi connectivity index (χ4v) is 2.31. The Morgan fingerprint density at radius 1 is 1.16 bits per heavy atom. The number of nitrogens with zero attached hydrogens (tertiary/aromatic N) is 1. The molecule has 0 spiro atoms. The summed E-state index contributed by atoms with van der Waals surface area (Å²) in [6, 6.07) is 12.4. The molecule has 128 valence electrons. The normalized spacial score (nSPS) is 9.96. The third-order valence-electron chi connectivity index (χ3n) is 3.57. The Hall–Kier alpha value is -3.20. The maximum atomic E-state index is 13.1. The minimum absolute atomic E-state index is 0.0913. The van der Waals surface area contributed by atoms with Crippen LogP contribution in [0.2, 0.25) is 0 Å². The number of halogens is 1. The number of ketones is 1. The first kappa shape index (κ1) is 18.1. The van der Waals surface area contributed by atoms with Crippen molar-refractivity contribution in [1.29, 1.82) is 5.26 Å². The summed E-state index contributed by atoms with van der Waals surface area (Å²) >= 11 is 0. The van der Waals surface area contributed by atoms with Gasteiger partial charge in [0.05, 0.1) is 11.6 Å². The third kappa shape index (κ3) is 5.15. The Morgan fingerprint density at radius 3 is 2.64 bits per heavy atom. The van der Waals surface area contributed by atoms with E-state index in [1.807, 2.05) is 6.07 Å². The van der Waals surface area contributed by atoms with Crippen molar-refractivity contribution in [2.75, 3.05) is 18.4 Å². The van der Waals surface area contributed by atoms with Gasteiger partial charge < -0.3 is 10.6 Å². The smallest absolute Gasteiger partial charge is 0.251 e. The predicted molar refractivity (Wildman–Crippen MR) is 93.0 cm³/mol. The van der Waals surface area contributed by atoms with Crippen LogP contribution in [0.1, 0.15) is 39.6 Å². The summed E-state index contributed by atoms with van der Waals surface area (Å²) in [5.41, 5.74) is 1.85. The number of rotatable bonds is 7. The zero-order valence-electron chi connectivity index (χ0n) is 13.8. The van der Waals surface area contributed by atoms with Gasteiger partial charge in [0.25, 0.3) is 5.91 Å². The molecule has 0 aliphatic rings. The Labute approximate surface area is 145 Å². The van der Waals surface area contributed by atoms with E-state index in [0.717, 1.165) is 0 Å². The van der Waals surface area contributed by atoms with E-state index in [0.29, 0.717) is 36.3 Å². The molecular weight excluding hydrogens is 321 g/mol. The van der Waals surface area contributed by atoms with Gasteiger partial charge in [0, 0.05) is 29.9 Å². The molecule has 0 fully saturated rings. The van der Waals surface area contributed by atoms with E-state index in [1.165, 1.54) is 25.1 Å². The summed E-state index contributed by atoms with van der Waals surface area (Å²) in [5.74, 6) is -0.884. The Balaban J connectivity index is 1.84. The molecule has 25 heavy (non-hydrogen) atoms. The molecule has 0 atom stereocenters. The highest BCUT2D eigenvalue weighted by atomic mass is 19.1. The van der Waals surface area contributed by atoms with E-state index in [9.17, 15) is 14.0 Å². The van der Waals surface area contributed by atoms with Crippen LogP contribution in [0.3, 0.4) is 0 Å². The predicted octanol–water partition coefficient (Wildman–Crippen LogP) is 3.13. The number of hydrogen-bond donors (Lipinski definition) is 2. The summed E-state index contributed by atoms with van der Waals surface area (Å²) in [7, 11) is 0. The first-order valence-electron chi connectivity index (χ1n) is 7.84. The van der Waals surface area contributed by atoms with Crippen molar-refractivity contribution >= 4 is 17.4 Å². The molecule has 0 aliphatic carbocycles. The molecule has 6 heteroatoms. The van der Waals surface area contributed by atoms with Gasteiger partial charge in [0.2, 0.25) is 0 Å². The number of anilines is 1. The Bertz CT molecular complexity index is 828. The molecular formula is C19H18FN3O2. The van der Waals surface area contributed by atoms with Crippen LogP contribution in [0.5, 0.6) is 0 Å². The second-order valence-electron chi connectivity index (χ2n) is 5.47. The molecule has 2 aromatic carbocycles. The van der Waals surface area contributed by atoms with Gasteiger partial charge in [0.1, 0.15) is 5.82 Å². The zero-order valence-corrected chi connectivity index (χ0v) is 13.8. The lowest BCUT2D eigenvalue weighted by molar-refractivity contribution is 0.0952. The molecule has 0 saturated heterocycles. The van der Waals surface area contributed by atoms with Gasteiger partial charge in [-0.1, -0.05) is 6.07 Å². The Morgan fingerprint density at radius 2 is 1.96 bits per heavy atom. The van der Waals surface area contributed by atoms with Crippen LogP contribution >= 0.6 is 0 Å². The third-order valence-corrected chi connectivity index (χ3v) is 3.57. The molecule has 2 N–H and O–H groups in total. The summed E-state index contributed by atoms with van der Waals surface area (Å²) in [6.45, 7) is 2.38. The monoisotopic (exact) mass is 339 g/mol. The average molecular weight is 339 g/mol. The topological polar surface area (TPSA) is 82.0 Å². The van der Waals surface area contributed by atoms with Crippen molar-refractivity contribution in [1.82, 2.24) is 5.32 Å². The second kappa shape index (κ2) is 8.60. The first-order valence-corrected chi connectivity index (χ1v) is 7.84. The number of nitrogens with one attached hydrogen (secondary N) is 2. The summed E-state index contributed by atoms with van der Waals surface area (Å²) in [4.78, 5) is 23.5. The van der Waals surface area contributed by atoms with Gasteiger partial charge in [-0.15, -0.1) is 0 Å². The molecule has 2 aromatic rings. The van der Waals surface area contributed by atoms with Crippen LogP contribution in [-0.2, 0) is 0 Å². The van der Waals surface area contributed by atoms with Gasteiger partial charge >= 0.3 is 0 Å². The number of benzene rings is 2. The van der Waals surface area contributed by atoms with Crippen LogP contribution in [0.4, 0.5) is 10.1 Å². The lowest BCUT2D eigenvalue weighted by Gasteiger charge is -2.11. The maximum absolute atomic E-state index is 13.1. The minimum Gasteiger partial charge on any atom is -0.384 e. The van der Waals surface area contributed by atoms with E-state index in [2.05, 4.69) is 10.6 Å². The van der Waals surface area contributed by atoms with Crippen LogP contribution in [0.15, 0.2) is 42.5 Å². The van der Waals surface area contributed by atoms with Crippen molar-refractivity contribution in [3.63, 3.8) is 0 Å². The number of amides is 1. The largest absolute Gasteiger partial charge is 0.384 e. The molecule has 0 bridgehead atoms. The molecule has 0 unspecified atom stereocenters. The highest BCUT2D eigenvalue weighted by Crippen LogP contribution is 2.18. The van der Waals surface area contributed by atoms with Crippen molar-refractivity contribution in [3.8, 4) is 6.07 Å². The van der Waals surface area contributed by atoms with E-state index in [4.69, 9.17) is 5.26 Å². The van der Waals surface area contributed by atoms with Gasteiger partial charge in [-0.05, 0) is 49.7 Å². The van der Waals surface area contributed by atoms with Crippen LogP contribution in [0.25, 0.3) is 0 Å². The molecule has 5 nitrogen and oxygen atoms in total. The van der Waals surface area contributed by atoms with Crippen LogP contribution in [-0.4, -0.2) is 24.8 Å². The average Bonchev–Trinajstić information content (AvgIpc) is 2.60. The van der Waals surface area contributed by atoms with E-state index in [-0.39, 0.29) is 17.3 Å². The van der Waals surface area contributed by atoms with Crippen LogP contribution < -0.4 is 10.6 Å². The number of Topliss-reactive ketones (excluding diaryl/α,β-unsaturated/α-hetero) is 1. The maximum Gasteiger partial charge on any atom is 0.251 e. The fraction of sp³-hybridized carbons (Fsp3) is 0.211. The van der Waals surface area contributed by atoms with Gasteiger partial charge in [-0.25, -0.2) is 4.39 Å². The van der Waals surface area contributed by atoms with E-state index < -0.39 is 5.82 Å². The second-order valence-corrected chi connectivity index (χ2v) is 5.47. The zero-order chi connectivity index (χ0) is 18.2. The summed E-state index contributed by atoms with van der Waals surface area (Å²) < 4.78 is 13.1. The van der Waals surface area contributed by atoms with Crippen molar-refractivity contribution < 1.29 is 14.0 Å². The fourth-order valence-electron chi connectivity index (χ4n) is 2.31. The van der Waals surface area contributed by atoms with Crippen molar-refractivity contribution in [2.24, 2.45) is 0 Å². The quantitative estimate of drug-likeness (QED) is 0.600. The van der Waals surface area contributed by atoms with E-state index >= 15 is 0 Å². The highest BCUT2D eigenvalue weighted by Gasteiger charge is 2.08. The van der Waals surface area contributed by atoms with Crippen molar-refractivity contribution in [3.05, 3.63) is 65.0 Å². The molecule has 1 amide bonds. The molecule has 2 rings (SSSR count). The Kier molecular flexibility index (Phi) is 6.24. The van der Waals surface area contributed by atoms with Crippen LogP contribution in [0, 0.1) is 17.1 Å².